The lowest BCUT2D eigenvalue weighted by Crippen LogP contribution is -2.51. The van der Waals surface area contributed by atoms with Gasteiger partial charge < -0.3 is 9.64 Å². The number of rotatable bonds is 2. The number of hydrogen-bond acceptors (Lipinski definition) is 4. The Balaban J connectivity index is 2.07. The van der Waals surface area contributed by atoms with Crippen LogP contribution in [0.2, 0.25) is 5.02 Å². The van der Waals surface area contributed by atoms with Crippen molar-refractivity contribution in [2.24, 2.45) is 0 Å². The second-order valence-corrected chi connectivity index (χ2v) is 8.79. The molecule has 0 saturated carbocycles. The molecule has 134 valence electrons. The number of piperazine rings is 1. The van der Waals surface area contributed by atoms with Gasteiger partial charge in [-0.05, 0) is 39.0 Å². The van der Waals surface area contributed by atoms with Gasteiger partial charge in [-0.2, -0.15) is 4.31 Å². The molecule has 1 aliphatic heterocycles. The molecule has 1 aromatic carbocycles. The Hall–Kier alpha value is -1.38. The quantitative estimate of drug-likeness (QED) is 0.793. The van der Waals surface area contributed by atoms with Crippen molar-refractivity contribution in [1.82, 2.24) is 9.21 Å². The van der Waals surface area contributed by atoms with Gasteiger partial charge in [-0.1, -0.05) is 11.6 Å². The fourth-order valence-electron chi connectivity index (χ4n) is 2.26. The Labute approximate surface area is 146 Å². The third-order valence-electron chi connectivity index (χ3n) is 3.40. The number of carbonyl (C=O) groups is 1. The van der Waals surface area contributed by atoms with Crippen LogP contribution in [0, 0.1) is 5.82 Å². The number of ether oxygens (including phenoxy) is 1. The van der Waals surface area contributed by atoms with Gasteiger partial charge in [0.05, 0.1) is 0 Å². The van der Waals surface area contributed by atoms with E-state index in [1.807, 2.05) is 0 Å². The van der Waals surface area contributed by atoms with Crippen LogP contribution in [0.15, 0.2) is 23.1 Å². The van der Waals surface area contributed by atoms with Crippen molar-refractivity contribution in [1.29, 1.82) is 0 Å². The molecule has 6 nitrogen and oxygen atoms in total. The minimum Gasteiger partial charge on any atom is -0.444 e. The summed E-state index contributed by atoms with van der Waals surface area (Å²) in [6.07, 6.45) is -0.489. The van der Waals surface area contributed by atoms with E-state index in [2.05, 4.69) is 0 Å². The van der Waals surface area contributed by atoms with Crippen LogP contribution in [0.4, 0.5) is 9.18 Å². The van der Waals surface area contributed by atoms with Gasteiger partial charge in [-0.3, -0.25) is 0 Å². The SMILES string of the molecule is CC(C)(C)OC(=O)N1CCN(S(=O)(=O)c2ccc(Cl)cc2F)CC1. The van der Waals surface area contributed by atoms with Gasteiger partial charge >= 0.3 is 6.09 Å². The highest BCUT2D eigenvalue weighted by atomic mass is 35.5. The van der Waals surface area contributed by atoms with Crippen LogP contribution in [0.1, 0.15) is 20.8 Å². The molecule has 9 heteroatoms. The van der Waals surface area contributed by atoms with Crippen LogP contribution in [0.5, 0.6) is 0 Å². The van der Waals surface area contributed by atoms with E-state index < -0.39 is 32.4 Å². The summed E-state index contributed by atoms with van der Waals surface area (Å²) in [6, 6.07) is 3.44. The molecule has 0 bridgehead atoms. The summed E-state index contributed by atoms with van der Waals surface area (Å²) in [6.45, 7) is 5.79. The summed E-state index contributed by atoms with van der Waals surface area (Å²) in [4.78, 5) is 13.0. The van der Waals surface area contributed by atoms with Crippen molar-refractivity contribution < 1.29 is 22.3 Å². The predicted octanol–water partition coefficient (Wildman–Crippen LogP) is 2.72. The molecule has 1 amide bonds. The van der Waals surface area contributed by atoms with Gasteiger partial charge in [-0.15, -0.1) is 0 Å². The molecule has 0 atom stereocenters. The Bertz CT molecular complexity index is 725. The van der Waals surface area contributed by atoms with Crippen molar-refractivity contribution in [2.75, 3.05) is 26.2 Å². The average molecular weight is 379 g/mol. The second kappa shape index (κ2) is 6.85. The predicted molar refractivity (Wildman–Crippen MR) is 88.0 cm³/mol. The van der Waals surface area contributed by atoms with Gasteiger partial charge in [0, 0.05) is 31.2 Å². The first-order valence-corrected chi connectivity index (χ1v) is 9.25. The third-order valence-corrected chi connectivity index (χ3v) is 5.57. The number of nitrogens with zero attached hydrogens (tertiary/aromatic N) is 2. The van der Waals surface area contributed by atoms with Crippen molar-refractivity contribution in [3.63, 3.8) is 0 Å². The van der Waals surface area contributed by atoms with Crippen molar-refractivity contribution in [3.05, 3.63) is 29.0 Å². The number of hydrogen-bond donors (Lipinski definition) is 0. The molecule has 0 radical (unpaired) electrons. The molecule has 0 N–H and O–H groups in total. The van der Waals surface area contributed by atoms with Crippen LogP contribution in [-0.4, -0.2) is 55.5 Å². The van der Waals surface area contributed by atoms with Crippen LogP contribution >= 0.6 is 11.6 Å². The molecule has 1 aliphatic rings. The largest absolute Gasteiger partial charge is 0.444 e. The number of benzene rings is 1. The summed E-state index contributed by atoms with van der Waals surface area (Å²) in [5.74, 6) is -0.892. The zero-order valence-electron chi connectivity index (χ0n) is 13.8. The molecule has 2 rings (SSSR count). The minimum absolute atomic E-state index is 0.0731. The number of halogens is 2. The summed E-state index contributed by atoms with van der Waals surface area (Å²) >= 11 is 5.65. The standard InChI is InChI=1S/C15H20ClFN2O4S/c1-15(2,3)23-14(20)18-6-8-19(9-7-18)24(21,22)13-5-4-11(16)10-12(13)17/h4-5,10H,6-9H2,1-3H3. The van der Waals surface area contributed by atoms with Crippen molar-refractivity contribution >= 4 is 27.7 Å². The summed E-state index contributed by atoms with van der Waals surface area (Å²) in [5, 5.41) is 0.126. The first-order chi connectivity index (χ1) is 11.0. The first-order valence-electron chi connectivity index (χ1n) is 7.44. The Morgan fingerprint density at radius 1 is 1.21 bits per heavy atom. The maximum absolute atomic E-state index is 13.9. The van der Waals surface area contributed by atoms with Gasteiger partial charge in [0.15, 0.2) is 0 Å². The molecular formula is C15H20ClFN2O4S. The van der Waals surface area contributed by atoms with E-state index in [-0.39, 0.29) is 31.2 Å². The highest BCUT2D eigenvalue weighted by Crippen LogP contribution is 2.23. The smallest absolute Gasteiger partial charge is 0.410 e. The molecular weight excluding hydrogens is 359 g/mol. The highest BCUT2D eigenvalue weighted by Gasteiger charge is 2.33. The third kappa shape index (κ3) is 4.37. The Morgan fingerprint density at radius 2 is 1.79 bits per heavy atom. The fourth-order valence-corrected chi connectivity index (χ4v) is 3.89. The van der Waals surface area contributed by atoms with E-state index in [1.165, 1.54) is 11.0 Å². The maximum atomic E-state index is 13.9. The average Bonchev–Trinajstić information content (AvgIpc) is 2.45. The first kappa shape index (κ1) is 19.0. The van der Waals surface area contributed by atoms with Crippen molar-refractivity contribution in [2.45, 2.75) is 31.3 Å². The monoisotopic (exact) mass is 378 g/mol. The second-order valence-electron chi connectivity index (χ2n) is 6.45. The van der Waals surface area contributed by atoms with Crippen molar-refractivity contribution in [3.8, 4) is 0 Å². The molecule has 24 heavy (non-hydrogen) atoms. The zero-order valence-corrected chi connectivity index (χ0v) is 15.3. The molecule has 0 unspecified atom stereocenters. The zero-order chi connectivity index (χ0) is 18.1. The van der Waals surface area contributed by atoms with Gasteiger partial charge in [0.1, 0.15) is 16.3 Å². The number of carbonyl (C=O) groups excluding carboxylic acids is 1. The number of amides is 1. The fraction of sp³-hybridized carbons (Fsp3) is 0.533. The van der Waals surface area contributed by atoms with Gasteiger partial charge in [0.25, 0.3) is 0 Å². The van der Waals surface area contributed by atoms with Crippen LogP contribution < -0.4 is 0 Å². The van der Waals surface area contributed by atoms with Crippen LogP contribution in [-0.2, 0) is 14.8 Å². The molecule has 1 aromatic rings. The molecule has 1 saturated heterocycles. The Morgan fingerprint density at radius 3 is 2.29 bits per heavy atom. The maximum Gasteiger partial charge on any atom is 0.410 e. The lowest BCUT2D eigenvalue weighted by Gasteiger charge is -2.35. The lowest BCUT2D eigenvalue weighted by atomic mass is 10.2. The summed E-state index contributed by atoms with van der Waals surface area (Å²) < 4.78 is 45.4. The molecule has 0 spiro atoms. The van der Waals surface area contributed by atoms with Gasteiger partial charge in [-0.25, -0.2) is 17.6 Å². The number of sulfonamides is 1. The van der Waals surface area contributed by atoms with E-state index in [0.717, 1.165) is 16.4 Å². The van der Waals surface area contributed by atoms with E-state index >= 15 is 0 Å². The molecule has 0 aliphatic carbocycles. The molecule has 1 fully saturated rings. The highest BCUT2D eigenvalue weighted by molar-refractivity contribution is 7.89. The van der Waals surface area contributed by atoms with Gasteiger partial charge in [0.2, 0.25) is 10.0 Å². The Kier molecular flexibility index (Phi) is 5.41. The summed E-state index contributed by atoms with van der Waals surface area (Å²) in [7, 11) is -3.97. The van der Waals surface area contributed by atoms with E-state index in [1.54, 1.807) is 20.8 Å². The summed E-state index contributed by atoms with van der Waals surface area (Å²) in [5.41, 5.74) is -0.618. The van der Waals surface area contributed by atoms with E-state index in [4.69, 9.17) is 16.3 Å². The molecule has 1 heterocycles. The van der Waals surface area contributed by atoms with Crippen LogP contribution in [0.3, 0.4) is 0 Å². The lowest BCUT2D eigenvalue weighted by molar-refractivity contribution is 0.0192. The topological polar surface area (TPSA) is 66.9 Å². The molecule has 0 aromatic heterocycles. The van der Waals surface area contributed by atoms with E-state index in [0.29, 0.717) is 0 Å². The minimum atomic E-state index is -3.97. The van der Waals surface area contributed by atoms with E-state index in [9.17, 15) is 17.6 Å². The normalized spacial score (nSPS) is 17.0. The van der Waals surface area contributed by atoms with Crippen LogP contribution in [0.25, 0.3) is 0 Å².